The Hall–Kier alpha value is -1.40. The van der Waals surface area contributed by atoms with E-state index < -0.39 is 23.7 Å². The van der Waals surface area contributed by atoms with Crippen LogP contribution in [0.4, 0.5) is 17.6 Å². The zero-order valence-corrected chi connectivity index (χ0v) is 9.73. The molecule has 0 aliphatic heterocycles. The molecule has 1 heterocycles. The fourth-order valence-electron chi connectivity index (χ4n) is 1.55. The van der Waals surface area contributed by atoms with Crippen LogP contribution in [0.2, 0.25) is 0 Å². The summed E-state index contributed by atoms with van der Waals surface area (Å²) in [6, 6.07) is 4.06. The Morgan fingerprint density at radius 2 is 1.83 bits per heavy atom. The van der Waals surface area contributed by atoms with Gasteiger partial charge in [-0.3, -0.25) is 0 Å². The molecule has 1 nitrogen and oxygen atoms in total. The third-order valence-corrected chi connectivity index (χ3v) is 3.17. The third kappa shape index (κ3) is 2.54. The van der Waals surface area contributed by atoms with Gasteiger partial charge in [0.25, 0.3) is 0 Å². The number of rotatable bonds is 2. The van der Waals surface area contributed by atoms with Gasteiger partial charge in [-0.15, -0.1) is 0 Å². The molecule has 0 fully saturated rings. The second-order valence-corrected chi connectivity index (χ2v) is 4.48. The first-order chi connectivity index (χ1) is 8.39. The monoisotopic (exact) mass is 276 g/mol. The highest BCUT2D eigenvalue weighted by Gasteiger charge is 2.34. The highest BCUT2D eigenvalue weighted by atomic mass is 32.1. The highest BCUT2D eigenvalue weighted by Crippen LogP contribution is 2.33. The summed E-state index contributed by atoms with van der Waals surface area (Å²) in [4.78, 5) is 0. The summed E-state index contributed by atoms with van der Waals surface area (Å²) >= 11 is 1.34. The Morgan fingerprint density at radius 1 is 1.11 bits per heavy atom. The van der Waals surface area contributed by atoms with E-state index in [0.29, 0.717) is 17.7 Å². The molecule has 0 amide bonds. The predicted molar refractivity (Wildman–Crippen MR) is 59.8 cm³/mol. The zero-order valence-electron chi connectivity index (χ0n) is 8.91. The molecule has 1 aromatic carbocycles. The van der Waals surface area contributed by atoms with Crippen molar-refractivity contribution in [2.45, 2.75) is 12.3 Å². The van der Waals surface area contributed by atoms with Crippen LogP contribution in [0.3, 0.4) is 0 Å². The van der Waals surface area contributed by atoms with Gasteiger partial charge in [0.2, 0.25) is 0 Å². The number of aliphatic hydroxyl groups excluding tert-OH is 1. The smallest absolute Gasteiger partial charge is 0.384 e. The van der Waals surface area contributed by atoms with Gasteiger partial charge in [0.15, 0.2) is 0 Å². The number of benzene rings is 1. The molecule has 0 saturated carbocycles. The van der Waals surface area contributed by atoms with E-state index in [2.05, 4.69) is 0 Å². The molecule has 18 heavy (non-hydrogen) atoms. The minimum Gasteiger partial charge on any atom is -0.384 e. The Labute approximate surface area is 104 Å². The number of thiophene rings is 1. The van der Waals surface area contributed by atoms with E-state index in [4.69, 9.17) is 0 Å². The molecule has 0 radical (unpaired) electrons. The van der Waals surface area contributed by atoms with Crippen molar-refractivity contribution in [2.75, 3.05) is 0 Å². The van der Waals surface area contributed by atoms with Crippen LogP contribution >= 0.6 is 11.3 Å². The van der Waals surface area contributed by atoms with Crippen molar-refractivity contribution < 1.29 is 22.7 Å². The Morgan fingerprint density at radius 3 is 2.33 bits per heavy atom. The molecule has 2 rings (SSSR count). The average Bonchev–Trinajstić information content (AvgIpc) is 2.79. The molecule has 1 atom stereocenters. The lowest BCUT2D eigenvalue weighted by Crippen LogP contribution is -2.09. The second kappa shape index (κ2) is 4.70. The maximum atomic E-state index is 13.3. The molecule has 6 heteroatoms. The van der Waals surface area contributed by atoms with Gasteiger partial charge in [-0.05, 0) is 40.1 Å². The van der Waals surface area contributed by atoms with Crippen molar-refractivity contribution in [3.63, 3.8) is 0 Å². The molecule has 0 aliphatic carbocycles. The topological polar surface area (TPSA) is 20.2 Å². The van der Waals surface area contributed by atoms with Crippen LogP contribution in [0.1, 0.15) is 22.8 Å². The van der Waals surface area contributed by atoms with E-state index in [9.17, 15) is 22.7 Å². The number of alkyl halides is 3. The lowest BCUT2D eigenvalue weighted by Gasteiger charge is -2.12. The van der Waals surface area contributed by atoms with E-state index >= 15 is 0 Å². The lowest BCUT2D eigenvalue weighted by molar-refractivity contribution is -0.140. The maximum Gasteiger partial charge on any atom is 0.419 e. The van der Waals surface area contributed by atoms with Crippen LogP contribution in [0, 0.1) is 5.82 Å². The standard InChI is InChI=1S/C12H8F4OS/c13-10-5-7(1-2-9(10)12(14,15)16)11(17)8-3-4-18-6-8/h1-6,11,17H. The molecular weight excluding hydrogens is 268 g/mol. The average molecular weight is 276 g/mol. The van der Waals surface area contributed by atoms with Gasteiger partial charge in [-0.25, -0.2) is 4.39 Å². The largest absolute Gasteiger partial charge is 0.419 e. The van der Waals surface area contributed by atoms with Crippen molar-refractivity contribution in [1.29, 1.82) is 0 Å². The van der Waals surface area contributed by atoms with E-state index in [1.54, 1.807) is 16.8 Å². The van der Waals surface area contributed by atoms with E-state index in [1.807, 2.05) is 0 Å². The summed E-state index contributed by atoms with van der Waals surface area (Å²) in [5.41, 5.74) is -0.707. The van der Waals surface area contributed by atoms with Crippen LogP contribution < -0.4 is 0 Å². The molecule has 96 valence electrons. The van der Waals surface area contributed by atoms with Crippen molar-refractivity contribution in [3.05, 3.63) is 57.5 Å². The first kappa shape index (κ1) is 13.0. The highest BCUT2D eigenvalue weighted by molar-refractivity contribution is 7.07. The first-order valence-corrected chi connectivity index (χ1v) is 5.90. The SMILES string of the molecule is OC(c1ccsc1)c1ccc(C(F)(F)F)c(F)c1. The summed E-state index contributed by atoms with van der Waals surface area (Å²) in [7, 11) is 0. The summed E-state index contributed by atoms with van der Waals surface area (Å²) < 4.78 is 50.4. The fraction of sp³-hybridized carbons (Fsp3) is 0.167. The Balaban J connectivity index is 2.35. The van der Waals surface area contributed by atoms with E-state index in [0.717, 1.165) is 6.07 Å². The second-order valence-electron chi connectivity index (χ2n) is 3.70. The predicted octanol–water partition coefficient (Wildman–Crippen LogP) is 3.99. The summed E-state index contributed by atoms with van der Waals surface area (Å²) in [5.74, 6) is -1.38. The van der Waals surface area contributed by atoms with E-state index in [1.165, 1.54) is 11.3 Å². The van der Waals surface area contributed by atoms with Gasteiger partial charge in [0.05, 0.1) is 5.56 Å². The number of halogens is 4. The molecule has 1 N–H and O–H groups in total. The van der Waals surface area contributed by atoms with Crippen molar-refractivity contribution >= 4 is 11.3 Å². The summed E-state index contributed by atoms with van der Waals surface area (Å²) in [5, 5.41) is 13.2. The third-order valence-electron chi connectivity index (χ3n) is 2.47. The molecule has 2 aromatic rings. The molecular formula is C12H8F4OS. The fourth-order valence-corrected chi connectivity index (χ4v) is 2.23. The van der Waals surface area contributed by atoms with Crippen LogP contribution in [-0.2, 0) is 6.18 Å². The summed E-state index contributed by atoms with van der Waals surface area (Å²) in [6.45, 7) is 0. The van der Waals surface area contributed by atoms with Gasteiger partial charge in [0.1, 0.15) is 11.9 Å². The van der Waals surface area contributed by atoms with Crippen LogP contribution in [-0.4, -0.2) is 5.11 Å². The molecule has 0 aliphatic rings. The van der Waals surface area contributed by atoms with Crippen molar-refractivity contribution in [3.8, 4) is 0 Å². The van der Waals surface area contributed by atoms with Crippen molar-refractivity contribution in [1.82, 2.24) is 0 Å². The molecule has 0 bridgehead atoms. The van der Waals surface area contributed by atoms with Gasteiger partial charge in [0, 0.05) is 0 Å². The normalized spacial score (nSPS) is 13.6. The summed E-state index contributed by atoms with van der Waals surface area (Å²) in [6.07, 6.45) is -5.84. The first-order valence-electron chi connectivity index (χ1n) is 4.96. The lowest BCUT2D eigenvalue weighted by atomic mass is 10.0. The van der Waals surface area contributed by atoms with Crippen molar-refractivity contribution in [2.24, 2.45) is 0 Å². The van der Waals surface area contributed by atoms with Gasteiger partial charge in [-0.2, -0.15) is 24.5 Å². The minimum atomic E-state index is -4.73. The molecule has 0 saturated heterocycles. The number of aliphatic hydroxyl groups is 1. The minimum absolute atomic E-state index is 0.0962. The van der Waals surface area contributed by atoms with E-state index in [-0.39, 0.29) is 5.56 Å². The quantitative estimate of drug-likeness (QED) is 0.822. The number of hydrogen-bond donors (Lipinski definition) is 1. The Bertz CT molecular complexity index is 534. The maximum absolute atomic E-state index is 13.3. The van der Waals surface area contributed by atoms with Gasteiger partial charge >= 0.3 is 6.18 Å². The number of hydrogen-bond acceptors (Lipinski definition) is 2. The molecule has 1 unspecified atom stereocenters. The van der Waals surface area contributed by atoms with Gasteiger partial charge in [-0.1, -0.05) is 6.07 Å². The Kier molecular flexibility index (Phi) is 3.41. The molecule has 1 aromatic heterocycles. The van der Waals surface area contributed by atoms with Crippen LogP contribution in [0.15, 0.2) is 35.0 Å². The van der Waals surface area contributed by atoms with Crippen LogP contribution in [0.25, 0.3) is 0 Å². The van der Waals surface area contributed by atoms with Gasteiger partial charge < -0.3 is 5.11 Å². The zero-order chi connectivity index (χ0) is 13.3. The van der Waals surface area contributed by atoms with Crippen LogP contribution in [0.5, 0.6) is 0 Å². The molecule has 0 spiro atoms.